The number of ether oxygens (including phenoxy) is 1. The van der Waals surface area contributed by atoms with Crippen LogP contribution in [0.15, 0.2) is 0 Å². The van der Waals surface area contributed by atoms with Crippen LogP contribution in [0.5, 0.6) is 0 Å². The summed E-state index contributed by atoms with van der Waals surface area (Å²) in [5.41, 5.74) is 7.76. The highest BCUT2D eigenvalue weighted by atomic mass is 16.6. The summed E-state index contributed by atoms with van der Waals surface area (Å²) < 4.78 is 4.28. The van der Waals surface area contributed by atoms with Crippen LogP contribution in [-0.4, -0.2) is 57.4 Å². The summed E-state index contributed by atoms with van der Waals surface area (Å²) in [6, 6.07) is -1.12. The van der Waals surface area contributed by atoms with Crippen molar-refractivity contribution >= 4 is 23.9 Å². The highest BCUT2D eigenvalue weighted by Crippen LogP contribution is 2.17. The molecule has 0 aromatic heterocycles. The Morgan fingerprint density at radius 2 is 1.71 bits per heavy atom. The van der Waals surface area contributed by atoms with Crippen molar-refractivity contribution in [3.8, 4) is 0 Å². The second-order valence-corrected chi connectivity index (χ2v) is 4.41. The van der Waals surface area contributed by atoms with Gasteiger partial charge in [-0.2, -0.15) is 0 Å². The van der Waals surface area contributed by atoms with Crippen LogP contribution in [0.4, 0.5) is 0 Å². The summed E-state index contributed by atoms with van der Waals surface area (Å²) in [5, 5.41) is 26.8. The first-order valence-corrected chi connectivity index (χ1v) is 6.00. The molecule has 7 N–H and O–H groups in total. The third-order valence-corrected chi connectivity index (χ3v) is 2.51. The molecule has 0 amide bonds. The van der Waals surface area contributed by atoms with Gasteiger partial charge in [-0.1, -0.05) is 0 Å². The van der Waals surface area contributed by atoms with Gasteiger partial charge in [0.1, 0.15) is 6.04 Å². The lowest BCUT2D eigenvalue weighted by Gasteiger charge is -2.20. The number of hydrogen-bond acceptors (Lipinski definition) is 8. The van der Waals surface area contributed by atoms with E-state index in [-0.39, 0.29) is 13.0 Å². The van der Waals surface area contributed by atoms with Gasteiger partial charge in [0.15, 0.2) is 5.60 Å². The fraction of sp³-hybridized carbons (Fsp3) is 0.636. The van der Waals surface area contributed by atoms with Crippen molar-refractivity contribution in [2.75, 3.05) is 6.54 Å². The van der Waals surface area contributed by atoms with Crippen LogP contribution in [0.1, 0.15) is 25.7 Å². The van der Waals surface area contributed by atoms with Gasteiger partial charge >= 0.3 is 23.9 Å². The summed E-state index contributed by atoms with van der Waals surface area (Å²) in [6.45, 7) is 0.284. The first kappa shape index (κ1) is 19.0. The van der Waals surface area contributed by atoms with E-state index in [0.717, 1.165) is 0 Å². The second-order valence-electron chi connectivity index (χ2n) is 4.41. The van der Waals surface area contributed by atoms with Crippen LogP contribution in [-0.2, 0) is 23.9 Å². The summed E-state index contributed by atoms with van der Waals surface area (Å²) >= 11 is 0. The summed E-state index contributed by atoms with van der Waals surface area (Å²) in [6.07, 6.45) is -1.82. The third kappa shape index (κ3) is 6.79. The minimum Gasteiger partial charge on any atom is -0.481 e. The molecule has 0 radical (unpaired) electrons. The third-order valence-electron chi connectivity index (χ3n) is 2.51. The van der Waals surface area contributed by atoms with E-state index >= 15 is 0 Å². The van der Waals surface area contributed by atoms with Crippen LogP contribution in [0.2, 0.25) is 0 Å². The summed E-state index contributed by atoms with van der Waals surface area (Å²) in [7, 11) is 0. The van der Waals surface area contributed by atoms with Crippen LogP contribution in [0, 0.1) is 0 Å². The van der Waals surface area contributed by atoms with Crippen LogP contribution in [0.25, 0.3) is 0 Å². The van der Waals surface area contributed by atoms with E-state index in [0.29, 0.717) is 6.42 Å². The molecule has 0 fully saturated rings. The molecular formula is C11H18N2O8. The van der Waals surface area contributed by atoms with Gasteiger partial charge in [0.05, 0.1) is 12.8 Å². The van der Waals surface area contributed by atoms with Crippen molar-refractivity contribution in [3.63, 3.8) is 0 Å². The lowest BCUT2D eigenvalue weighted by Crippen LogP contribution is -2.44. The largest absolute Gasteiger partial charge is 0.481 e. The van der Waals surface area contributed by atoms with Crippen molar-refractivity contribution in [3.05, 3.63) is 0 Å². The Morgan fingerprint density at radius 3 is 2.14 bits per heavy atom. The van der Waals surface area contributed by atoms with E-state index < -0.39 is 48.4 Å². The van der Waals surface area contributed by atoms with Gasteiger partial charge in [-0.05, 0) is 19.4 Å². The lowest BCUT2D eigenvalue weighted by molar-refractivity contribution is -0.175. The number of esters is 2. The molecule has 10 nitrogen and oxygen atoms in total. The number of aliphatic hydroxyl groups is 1. The molecule has 10 heteroatoms. The van der Waals surface area contributed by atoms with Gasteiger partial charge < -0.3 is 31.5 Å². The summed E-state index contributed by atoms with van der Waals surface area (Å²) in [5.74, 6) is -6.02. The number of nitrogens with two attached hydrogens (primary N) is 2. The molecule has 120 valence electrons. The molecule has 21 heavy (non-hydrogen) atoms. The monoisotopic (exact) mass is 306 g/mol. The van der Waals surface area contributed by atoms with E-state index in [1.165, 1.54) is 0 Å². The first-order chi connectivity index (χ1) is 9.62. The minimum absolute atomic E-state index is 0.168. The van der Waals surface area contributed by atoms with Crippen LogP contribution >= 0.6 is 0 Å². The molecule has 0 aromatic carbocycles. The van der Waals surface area contributed by atoms with E-state index in [1.54, 1.807) is 0 Å². The zero-order chi connectivity index (χ0) is 16.6. The standard InChI is InChI=1S/C11H18N2O8/c12-3-1-2-6(13)9(17)21-8(16)5-11(20,10(18)19)4-7(14)15/h6,20H,1-5,12-13H2,(H,14,15)(H,18,19)/t6-,11?/m1/s1. The number of carbonyl (C=O) groups is 4. The zero-order valence-electron chi connectivity index (χ0n) is 11.2. The topological polar surface area (TPSA) is 190 Å². The number of carbonyl (C=O) groups excluding carboxylic acids is 2. The quantitative estimate of drug-likeness (QED) is 0.231. The Morgan fingerprint density at radius 1 is 1.14 bits per heavy atom. The molecule has 0 aliphatic heterocycles. The summed E-state index contributed by atoms with van der Waals surface area (Å²) in [4.78, 5) is 44.1. The van der Waals surface area contributed by atoms with Crippen molar-refractivity contribution in [1.82, 2.24) is 0 Å². The number of rotatable bonds is 9. The molecule has 0 bridgehead atoms. The highest BCUT2D eigenvalue weighted by molar-refractivity contribution is 5.93. The van der Waals surface area contributed by atoms with Crippen LogP contribution in [0.3, 0.4) is 0 Å². The van der Waals surface area contributed by atoms with Gasteiger partial charge in [0.25, 0.3) is 0 Å². The molecule has 0 aliphatic carbocycles. The maximum atomic E-state index is 11.4. The predicted octanol–water partition coefficient (Wildman–Crippen LogP) is -2.20. The molecule has 0 spiro atoms. The Hall–Kier alpha value is -2.04. The minimum atomic E-state index is -2.86. The number of carboxylic acid groups (broad SMARTS) is 2. The number of hydrogen-bond donors (Lipinski definition) is 5. The van der Waals surface area contributed by atoms with Crippen molar-refractivity contribution in [2.24, 2.45) is 11.5 Å². The smallest absolute Gasteiger partial charge is 0.336 e. The fourth-order valence-corrected chi connectivity index (χ4v) is 1.38. The van der Waals surface area contributed by atoms with E-state index in [1.807, 2.05) is 0 Å². The predicted molar refractivity (Wildman–Crippen MR) is 66.8 cm³/mol. The molecule has 1 unspecified atom stereocenters. The van der Waals surface area contributed by atoms with Gasteiger partial charge in [0, 0.05) is 0 Å². The van der Waals surface area contributed by atoms with Crippen LogP contribution < -0.4 is 11.5 Å². The molecular weight excluding hydrogens is 288 g/mol. The maximum Gasteiger partial charge on any atom is 0.336 e. The van der Waals surface area contributed by atoms with Gasteiger partial charge in [-0.3, -0.25) is 9.59 Å². The first-order valence-electron chi connectivity index (χ1n) is 6.00. The van der Waals surface area contributed by atoms with Crippen molar-refractivity contribution in [1.29, 1.82) is 0 Å². The molecule has 2 atom stereocenters. The van der Waals surface area contributed by atoms with Crippen molar-refractivity contribution < 1.29 is 39.2 Å². The zero-order valence-corrected chi connectivity index (χ0v) is 11.2. The molecule has 0 aliphatic rings. The molecule has 0 aromatic rings. The number of aliphatic carboxylic acids is 2. The molecule has 0 heterocycles. The van der Waals surface area contributed by atoms with Crippen molar-refractivity contribution in [2.45, 2.75) is 37.3 Å². The van der Waals surface area contributed by atoms with Gasteiger partial charge in [-0.25, -0.2) is 9.59 Å². The average Bonchev–Trinajstić information content (AvgIpc) is 2.34. The van der Waals surface area contributed by atoms with E-state index in [4.69, 9.17) is 21.7 Å². The highest BCUT2D eigenvalue weighted by Gasteiger charge is 2.42. The van der Waals surface area contributed by atoms with Gasteiger partial charge in [0.2, 0.25) is 0 Å². The average molecular weight is 306 g/mol. The Labute approximate surface area is 119 Å². The normalized spacial score (nSPS) is 14.8. The Kier molecular flexibility index (Phi) is 7.49. The second kappa shape index (κ2) is 8.29. The Balaban J connectivity index is 4.61. The van der Waals surface area contributed by atoms with Gasteiger partial charge in [-0.15, -0.1) is 0 Å². The van der Waals surface area contributed by atoms with E-state index in [9.17, 15) is 24.3 Å². The fourth-order valence-electron chi connectivity index (χ4n) is 1.38. The van der Waals surface area contributed by atoms with E-state index in [2.05, 4.69) is 4.74 Å². The molecule has 0 rings (SSSR count). The SMILES string of the molecule is NCCC[C@@H](N)C(=O)OC(=O)CC(O)(CC(=O)O)C(=O)O. The molecule has 0 saturated carbocycles. The maximum absolute atomic E-state index is 11.4. The lowest BCUT2D eigenvalue weighted by atomic mass is 9.96. The molecule has 0 saturated heterocycles. The Bertz CT molecular complexity index is 424. The number of carboxylic acids is 2.